The van der Waals surface area contributed by atoms with E-state index in [2.05, 4.69) is 23.7 Å². The Bertz CT molecular complexity index is 1050. The van der Waals surface area contributed by atoms with E-state index in [0.717, 1.165) is 47.2 Å². The Hall–Kier alpha value is -2.38. The number of halogens is 2. The summed E-state index contributed by atoms with van der Waals surface area (Å²) in [6.45, 7) is 11.0. The minimum absolute atomic E-state index is 0.101. The number of thiazole rings is 1. The van der Waals surface area contributed by atoms with Gasteiger partial charge in [0.1, 0.15) is 11.3 Å². The highest BCUT2D eigenvalue weighted by Gasteiger charge is 2.22. The van der Waals surface area contributed by atoms with Crippen LogP contribution in [-0.2, 0) is 11.2 Å². The molecule has 3 aromatic rings. The number of anilines is 1. The number of carbonyl (C=O) groups excluding carboxylic acids is 1. The summed E-state index contributed by atoms with van der Waals surface area (Å²) in [6.07, 6.45) is 0.235. The van der Waals surface area contributed by atoms with Crippen molar-refractivity contribution in [3.05, 3.63) is 58.7 Å². The van der Waals surface area contributed by atoms with Crippen LogP contribution in [-0.4, -0.2) is 42.0 Å². The van der Waals surface area contributed by atoms with Crippen molar-refractivity contribution in [1.82, 2.24) is 9.88 Å². The molecule has 3 rings (SSSR count). The summed E-state index contributed by atoms with van der Waals surface area (Å²) in [4.78, 5) is 21.5. The first-order valence-electron chi connectivity index (χ1n) is 10.2. The number of rotatable bonds is 8. The molecule has 7 heteroatoms. The SMILES string of the molecule is CCN(CC)CCN(C(=O)Cc1cc(C)ccc1C)c1nc2c(F)cc(F)cc2s1. The standard InChI is InChI=1S/C23H27F2N3OS/c1-5-27(6-2)9-10-28(21(29)12-17-11-15(3)7-8-16(17)4)23-26-22-19(25)13-18(24)14-20(22)30-23/h7-8,11,13-14H,5-6,9-10,12H2,1-4H3. The summed E-state index contributed by atoms with van der Waals surface area (Å²) in [5, 5.41) is 0.400. The Morgan fingerprint density at radius 3 is 2.50 bits per heavy atom. The van der Waals surface area contributed by atoms with E-state index in [1.807, 2.05) is 32.0 Å². The van der Waals surface area contributed by atoms with Gasteiger partial charge in [-0.3, -0.25) is 9.69 Å². The number of hydrogen-bond acceptors (Lipinski definition) is 4. The first kappa shape index (κ1) is 22.3. The first-order chi connectivity index (χ1) is 14.3. The van der Waals surface area contributed by atoms with Gasteiger partial charge in [-0.15, -0.1) is 0 Å². The van der Waals surface area contributed by atoms with Crippen LogP contribution in [0.3, 0.4) is 0 Å². The fraction of sp³-hybridized carbons (Fsp3) is 0.391. The van der Waals surface area contributed by atoms with Gasteiger partial charge < -0.3 is 4.90 Å². The van der Waals surface area contributed by atoms with Crippen LogP contribution < -0.4 is 4.90 Å². The van der Waals surface area contributed by atoms with E-state index in [9.17, 15) is 13.6 Å². The molecule has 0 spiro atoms. The summed E-state index contributed by atoms with van der Waals surface area (Å²) in [5.74, 6) is -1.46. The topological polar surface area (TPSA) is 36.4 Å². The second kappa shape index (κ2) is 9.62. The van der Waals surface area contributed by atoms with Gasteiger partial charge >= 0.3 is 0 Å². The number of hydrogen-bond donors (Lipinski definition) is 0. The molecule has 0 atom stereocenters. The highest BCUT2D eigenvalue weighted by atomic mass is 32.1. The maximum atomic E-state index is 14.2. The fourth-order valence-corrected chi connectivity index (χ4v) is 4.47. The summed E-state index contributed by atoms with van der Waals surface area (Å²) >= 11 is 1.14. The molecular weight excluding hydrogens is 404 g/mol. The van der Waals surface area contributed by atoms with Gasteiger partial charge in [-0.2, -0.15) is 0 Å². The van der Waals surface area contributed by atoms with Gasteiger partial charge in [0.15, 0.2) is 10.9 Å². The molecule has 1 aromatic heterocycles. The predicted octanol–water partition coefficient (Wildman–Crippen LogP) is 5.11. The Labute approximate surface area is 180 Å². The van der Waals surface area contributed by atoms with Gasteiger partial charge in [0, 0.05) is 19.2 Å². The number of nitrogens with zero attached hydrogens (tertiary/aromatic N) is 3. The van der Waals surface area contributed by atoms with Gasteiger partial charge in [-0.1, -0.05) is 48.9 Å². The number of aromatic nitrogens is 1. The third kappa shape index (κ3) is 5.02. The Balaban J connectivity index is 1.94. The smallest absolute Gasteiger partial charge is 0.233 e. The molecule has 2 aromatic carbocycles. The largest absolute Gasteiger partial charge is 0.302 e. The van der Waals surface area contributed by atoms with Crippen molar-refractivity contribution < 1.29 is 13.6 Å². The molecule has 0 saturated carbocycles. The minimum atomic E-state index is -0.710. The number of fused-ring (bicyclic) bond motifs is 1. The highest BCUT2D eigenvalue weighted by molar-refractivity contribution is 7.22. The maximum Gasteiger partial charge on any atom is 0.233 e. The van der Waals surface area contributed by atoms with E-state index in [-0.39, 0.29) is 17.8 Å². The van der Waals surface area contributed by atoms with Crippen LogP contribution >= 0.6 is 11.3 Å². The number of likely N-dealkylation sites (N-methyl/N-ethyl adjacent to an activating group) is 1. The molecule has 0 N–H and O–H groups in total. The molecule has 0 aliphatic heterocycles. The molecule has 0 bridgehead atoms. The lowest BCUT2D eigenvalue weighted by molar-refractivity contribution is -0.118. The zero-order valence-electron chi connectivity index (χ0n) is 17.8. The Morgan fingerprint density at radius 1 is 1.07 bits per heavy atom. The number of carbonyl (C=O) groups is 1. The Kier molecular flexibility index (Phi) is 7.15. The van der Waals surface area contributed by atoms with Crippen LogP contribution in [0.15, 0.2) is 30.3 Å². The van der Waals surface area contributed by atoms with Crippen molar-refractivity contribution in [3.63, 3.8) is 0 Å². The summed E-state index contributed by atoms with van der Waals surface area (Å²) in [7, 11) is 0. The second-order valence-electron chi connectivity index (χ2n) is 7.41. The molecule has 1 heterocycles. The quantitative estimate of drug-likeness (QED) is 0.497. The van der Waals surface area contributed by atoms with Crippen molar-refractivity contribution in [2.75, 3.05) is 31.1 Å². The lowest BCUT2D eigenvalue weighted by Crippen LogP contribution is -2.39. The van der Waals surface area contributed by atoms with Crippen LogP contribution in [0.1, 0.15) is 30.5 Å². The second-order valence-corrected chi connectivity index (χ2v) is 8.42. The molecule has 0 aliphatic rings. The van der Waals surface area contributed by atoms with Gasteiger partial charge in [-0.05, 0) is 44.1 Å². The van der Waals surface area contributed by atoms with Gasteiger partial charge in [0.05, 0.1) is 11.1 Å². The lowest BCUT2D eigenvalue weighted by atomic mass is 10.0. The predicted molar refractivity (Wildman–Crippen MR) is 119 cm³/mol. The summed E-state index contributed by atoms with van der Waals surface area (Å²) in [5.41, 5.74) is 3.21. The summed E-state index contributed by atoms with van der Waals surface area (Å²) < 4.78 is 28.2. The van der Waals surface area contributed by atoms with Crippen LogP contribution in [0.5, 0.6) is 0 Å². The van der Waals surface area contributed by atoms with Crippen molar-refractivity contribution in [3.8, 4) is 0 Å². The molecule has 0 aliphatic carbocycles. The normalized spacial score (nSPS) is 11.4. The molecule has 0 unspecified atom stereocenters. The number of benzene rings is 2. The summed E-state index contributed by atoms with van der Waals surface area (Å²) in [6, 6.07) is 8.13. The van der Waals surface area contributed by atoms with Crippen molar-refractivity contribution in [2.24, 2.45) is 0 Å². The maximum absolute atomic E-state index is 14.2. The first-order valence-corrected chi connectivity index (χ1v) is 11.0. The van der Waals surface area contributed by atoms with E-state index >= 15 is 0 Å². The van der Waals surface area contributed by atoms with Crippen LogP contribution in [0.25, 0.3) is 10.2 Å². The minimum Gasteiger partial charge on any atom is -0.302 e. The highest BCUT2D eigenvalue weighted by Crippen LogP contribution is 2.31. The number of aryl methyl sites for hydroxylation is 2. The van der Waals surface area contributed by atoms with E-state index in [4.69, 9.17) is 0 Å². The van der Waals surface area contributed by atoms with E-state index < -0.39 is 11.6 Å². The van der Waals surface area contributed by atoms with E-state index in [1.54, 1.807) is 4.90 Å². The molecule has 30 heavy (non-hydrogen) atoms. The Morgan fingerprint density at radius 2 is 1.80 bits per heavy atom. The molecule has 0 saturated heterocycles. The van der Waals surface area contributed by atoms with Gasteiger partial charge in [0.25, 0.3) is 0 Å². The van der Waals surface area contributed by atoms with Crippen molar-refractivity contribution >= 4 is 32.6 Å². The molecule has 160 valence electrons. The molecule has 0 fully saturated rings. The van der Waals surface area contributed by atoms with Gasteiger partial charge in [-0.25, -0.2) is 13.8 Å². The number of amides is 1. The average molecular weight is 432 g/mol. The molecular formula is C23H27F2N3OS. The van der Waals surface area contributed by atoms with Gasteiger partial charge in [0.2, 0.25) is 5.91 Å². The molecule has 4 nitrogen and oxygen atoms in total. The lowest BCUT2D eigenvalue weighted by Gasteiger charge is -2.25. The average Bonchev–Trinajstić information content (AvgIpc) is 3.12. The van der Waals surface area contributed by atoms with Crippen LogP contribution in [0.2, 0.25) is 0 Å². The fourth-order valence-electron chi connectivity index (χ4n) is 3.42. The zero-order valence-corrected chi connectivity index (χ0v) is 18.7. The molecule has 1 amide bonds. The van der Waals surface area contributed by atoms with Crippen molar-refractivity contribution in [2.45, 2.75) is 34.1 Å². The third-order valence-electron chi connectivity index (χ3n) is 5.31. The van der Waals surface area contributed by atoms with Crippen molar-refractivity contribution in [1.29, 1.82) is 0 Å². The molecule has 0 radical (unpaired) electrons. The van der Waals surface area contributed by atoms with Crippen LogP contribution in [0, 0.1) is 25.5 Å². The zero-order chi connectivity index (χ0) is 21.8. The van der Waals surface area contributed by atoms with E-state index in [1.165, 1.54) is 6.07 Å². The third-order valence-corrected chi connectivity index (χ3v) is 6.34. The van der Waals surface area contributed by atoms with Crippen LogP contribution in [0.4, 0.5) is 13.9 Å². The van der Waals surface area contributed by atoms with E-state index in [0.29, 0.717) is 22.9 Å². The monoisotopic (exact) mass is 431 g/mol.